The van der Waals surface area contributed by atoms with Gasteiger partial charge in [-0.1, -0.05) is 12.2 Å². The lowest BCUT2D eigenvalue weighted by Crippen LogP contribution is -2.46. The van der Waals surface area contributed by atoms with Crippen molar-refractivity contribution >= 4 is 11.9 Å². The first-order valence-corrected chi connectivity index (χ1v) is 4.96. The molecule has 0 unspecified atom stereocenters. The minimum atomic E-state index is -0.730. The largest absolute Gasteiger partial charge is 0.458 e. The summed E-state index contributed by atoms with van der Waals surface area (Å²) in [6.07, 6.45) is 4.64. The number of carbonyl (C=O) groups is 2. The second-order valence-electron chi connectivity index (χ2n) is 3.92. The molecule has 0 N–H and O–H groups in total. The molecule has 15 heavy (non-hydrogen) atoms. The maximum Gasteiger partial charge on any atom is 0.303 e. The van der Waals surface area contributed by atoms with Gasteiger partial charge in [-0.2, -0.15) is 0 Å². The first kappa shape index (κ1) is 11.8. The van der Waals surface area contributed by atoms with Crippen molar-refractivity contribution in [2.45, 2.75) is 45.3 Å². The summed E-state index contributed by atoms with van der Waals surface area (Å²) in [5.41, 5.74) is -0.730. The molecule has 0 aromatic heterocycles. The molecular formula is C11H16O4. The Morgan fingerprint density at radius 1 is 1.27 bits per heavy atom. The summed E-state index contributed by atoms with van der Waals surface area (Å²) in [7, 11) is 0. The molecule has 0 aromatic rings. The summed E-state index contributed by atoms with van der Waals surface area (Å²) >= 11 is 0. The molecule has 0 saturated heterocycles. The zero-order chi connectivity index (χ0) is 11.5. The predicted molar refractivity (Wildman–Crippen MR) is 54.1 cm³/mol. The van der Waals surface area contributed by atoms with Crippen molar-refractivity contribution in [3.63, 3.8) is 0 Å². The van der Waals surface area contributed by atoms with Crippen molar-refractivity contribution in [2.24, 2.45) is 0 Å². The van der Waals surface area contributed by atoms with Gasteiger partial charge in [-0.05, 0) is 6.92 Å². The number of ether oxygens (including phenoxy) is 2. The first-order valence-electron chi connectivity index (χ1n) is 4.96. The molecule has 0 saturated carbocycles. The minimum absolute atomic E-state index is 0.353. The maximum absolute atomic E-state index is 11.0. The van der Waals surface area contributed by atoms with Crippen LogP contribution in [0.3, 0.4) is 0 Å². The third kappa shape index (κ3) is 3.08. The topological polar surface area (TPSA) is 52.6 Å². The van der Waals surface area contributed by atoms with E-state index < -0.39 is 5.60 Å². The minimum Gasteiger partial charge on any atom is -0.458 e. The smallest absolute Gasteiger partial charge is 0.303 e. The quantitative estimate of drug-likeness (QED) is 0.515. The number of esters is 2. The Kier molecular flexibility index (Phi) is 3.50. The summed E-state index contributed by atoms with van der Waals surface area (Å²) in [6.45, 7) is 4.49. The van der Waals surface area contributed by atoms with Crippen LogP contribution in [0.5, 0.6) is 0 Å². The Morgan fingerprint density at radius 2 is 1.93 bits per heavy atom. The van der Waals surface area contributed by atoms with Crippen LogP contribution < -0.4 is 0 Å². The van der Waals surface area contributed by atoms with E-state index in [1.807, 2.05) is 12.2 Å². The Labute approximate surface area is 89.2 Å². The van der Waals surface area contributed by atoms with Crippen LogP contribution in [0, 0.1) is 0 Å². The number of hydrogen-bond donors (Lipinski definition) is 0. The van der Waals surface area contributed by atoms with Gasteiger partial charge in [-0.3, -0.25) is 9.59 Å². The maximum atomic E-state index is 11.0. The predicted octanol–water partition coefficient (Wildman–Crippen LogP) is 1.59. The van der Waals surface area contributed by atoms with E-state index in [0.717, 1.165) is 0 Å². The number of hydrogen-bond acceptors (Lipinski definition) is 4. The van der Waals surface area contributed by atoms with Gasteiger partial charge in [0, 0.05) is 26.7 Å². The molecule has 1 aliphatic rings. The van der Waals surface area contributed by atoms with Crippen molar-refractivity contribution in [3.8, 4) is 0 Å². The third-order valence-electron chi connectivity index (χ3n) is 2.41. The summed E-state index contributed by atoms with van der Waals surface area (Å²) in [5, 5.41) is 0. The van der Waals surface area contributed by atoms with Crippen LogP contribution >= 0.6 is 0 Å². The van der Waals surface area contributed by atoms with E-state index in [4.69, 9.17) is 9.47 Å². The van der Waals surface area contributed by atoms with Crippen molar-refractivity contribution in [1.82, 2.24) is 0 Å². The Balaban J connectivity index is 2.77. The van der Waals surface area contributed by atoms with Gasteiger partial charge in [0.2, 0.25) is 0 Å². The van der Waals surface area contributed by atoms with E-state index >= 15 is 0 Å². The van der Waals surface area contributed by atoms with Crippen LogP contribution in [-0.4, -0.2) is 23.6 Å². The van der Waals surface area contributed by atoms with Crippen molar-refractivity contribution in [2.75, 3.05) is 0 Å². The van der Waals surface area contributed by atoms with Crippen LogP contribution in [-0.2, 0) is 19.1 Å². The lowest BCUT2D eigenvalue weighted by Gasteiger charge is -2.37. The van der Waals surface area contributed by atoms with E-state index in [0.29, 0.717) is 12.8 Å². The molecule has 1 rings (SSSR count). The highest BCUT2D eigenvalue weighted by Crippen LogP contribution is 2.30. The Bertz CT molecular complexity index is 295. The molecule has 0 spiro atoms. The van der Waals surface area contributed by atoms with Gasteiger partial charge in [0.15, 0.2) is 0 Å². The number of carbonyl (C=O) groups excluding carboxylic acids is 2. The summed E-state index contributed by atoms with van der Waals surface area (Å²) < 4.78 is 10.4. The standard InChI is InChI=1S/C11H16O4/c1-8(12)14-10-6-4-5-7-11(10,3)15-9(2)13/h4-5,10H,6-7H2,1-3H3/t10-,11+/m0/s1. The molecular weight excluding hydrogens is 196 g/mol. The SMILES string of the molecule is CC(=O)O[C@H]1CC=CC[C@@]1(C)OC(C)=O. The molecule has 0 aromatic carbocycles. The second kappa shape index (κ2) is 4.47. The normalized spacial score (nSPS) is 29.7. The summed E-state index contributed by atoms with van der Waals surface area (Å²) in [5.74, 6) is -0.710. The lowest BCUT2D eigenvalue weighted by atomic mass is 9.88. The van der Waals surface area contributed by atoms with E-state index in [1.165, 1.54) is 13.8 Å². The summed E-state index contributed by atoms with van der Waals surface area (Å²) in [6, 6.07) is 0. The highest BCUT2D eigenvalue weighted by molar-refractivity contribution is 5.67. The molecule has 0 heterocycles. The fourth-order valence-electron chi connectivity index (χ4n) is 1.73. The van der Waals surface area contributed by atoms with Crippen LogP contribution in [0.4, 0.5) is 0 Å². The molecule has 0 fully saturated rings. The van der Waals surface area contributed by atoms with Crippen LogP contribution in [0.2, 0.25) is 0 Å². The molecule has 84 valence electrons. The monoisotopic (exact) mass is 212 g/mol. The Morgan fingerprint density at radius 3 is 2.47 bits per heavy atom. The fraction of sp³-hybridized carbons (Fsp3) is 0.636. The van der Waals surface area contributed by atoms with Gasteiger partial charge >= 0.3 is 11.9 Å². The van der Waals surface area contributed by atoms with Gasteiger partial charge in [-0.25, -0.2) is 0 Å². The van der Waals surface area contributed by atoms with Crippen molar-refractivity contribution in [3.05, 3.63) is 12.2 Å². The zero-order valence-corrected chi connectivity index (χ0v) is 9.28. The molecule has 0 bridgehead atoms. The fourth-order valence-corrected chi connectivity index (χ4v) is 1.73. The summed E-state index contributed by atoms with van der Waals surface area (Å²) in [4.78, 5) is 21.9. The van der Waals surface area contributed by atoms with Gasteiger partial charge in [0.05, 0.1) is 0 Å². The van der Waals surface area contributed by atoms with Gasteiger partial charge < -0.3 is 9.47 Å². The molecule has 0 amide bonds. The average molecular weight is 212 g/mol. The van der Waals surface area contributed by atoms with Crippen molar-refractivity contribution < 1.29 is 19.1 Å². The molecule has 4 heteroatoms. The molecule has 2 atom stereocenters. The highest BCUT2D eigenvalue weighted by Gasteiger charge is 2.40. The molecule has 4 nitrogen and oxygen atoms in total. The van der Waals surface area contributed by atoms with E-state index in [1.54, 1.807) is 6.92 Å². The Hall–Kier alpha value is -1.32. The molecule has 1 aliphatic carbocycles. The van der Waals surface area contributed by atoms with Crippen LogP contribution in [0.15, 0.2) is 12.2 Å². The highest BCUT2D eigenvalue weighted by atomic mass is 16.6. The molecule has 0 aliphatic heterocycles. The number of rotatable bonds is 2. The van der Waals surface area contributed by atoms with Crippen LogP contribution in [0.1, 0.15) is 33.6 Å². The zero-order valence-electron chi connectivity index (χ0n) is 9.28. The van der Waals surface area contributed by atoms with Crippen LogP contribution in [0.25, 0.3) is 0 Å². The van der Waals surface area contributed by atoms with Gasteiger partial charge in [-0.15, -0.1) is 0 Å². The van der Waals surface area contributed by atoms with E-state index in [9.17, 15) is 9.59 Å². The molecule has 0 radical (unpaired) electrons. The lowest BCUT2D eigenvalue weighted by molar-refractivity contribution is -0.181. The van der Waals surface area contributed by atoms with Gasteiger partial charge in [0.1, 0.15) is 11.7 Å². The van der Waals surface area contributed by atoms with E-state index in [-0.39, 0.29) is 18.0 Å². The first-order chi connectivity index (χ1) is 6.94. The second-order valence-corrected chi connectivity index (χ2v) is 3.92. The van der Waals surface area contributed by atoms with E-state index in [2.05, 4.69) is 0 Å². The van der Waals surface area contributed by atoms with Crippen molar-refractivity contribution in [1.29, 1.82) is 0 Å². The third-order valence-corrected chi connectivity index (χ3v) is 2.41. The average Bonchev–Trinajstić information content (AvgIpc) is 2.07. The van der Waals surface area contributed by atoms with Gasteiger partial charge in [0.25, 0.3) is 0 Å².